The molecule has 1 nitrogen and oxygen atoms in total. The van der Waals surface area contributed by atoms with Crippen LogP contribution in [0.2, 0.25) is 0 Å². The maximum Gasteiger partial charge on any atom is 0.139 e. The molecule has 1 aliphatic carbocycles. The Kier molecular flexibility index (Phi) is 4.76. The number of ketones is 1. The van der Waals surface area contributed by atoms with Gasteiger partial charge in [0, 0.05) is 11.8 Å². The summed E-state index contributed by atoms with van der Waals surface area (Å²) in [6.07, 6.45) is 7.08. The van der Waals surface area contributed by atoms with Gasteiger partial charge in [0.1, 0.15) is 5.78 Å². The summed E-state index contributed by atoms with van der Waals surface area (Å²) in [5.41, 5.74) is 3.47. The highest BCUT2D eigenvalue weighted by molar-refractivity contribution is 5.86. The summed E-state index contributed by atoms with van der Waals surface area (Å²) >= 11 is 0. The van der Waals surface area contributed by atoms with Crippen molar-refractivity contribution in [1.82, 2.24) is 0 Å². The average molecular weight is 304 g/mol. The van der Waals surface area contributed by atoms with Crippen LogP contribution in [0.5, 0.6) is 0 Å². The van der Waals surface area contributed by atoms with E-state index in [1.54, 1.807) is 0 Å². The SMILES string of the molecule is CC1(CC=C(c2ccccc2)c2ccccc2)CCCCC1=O. The van der Waals surface area contributed by atoms with Gasteiger partial charge in [-0.1, -0.05) is 80.1 Å². The number of carbonyl (C=O) groups is 1. The Bertz CT molecular complexity index is 643. The molecule has 0 aromatic heterocycles. The van der Waals surface area contributed by atoms with Gasteiger partial charge < -0.3 is 0 Å². The second-order valence-corrected chi connectivity index (χ2v) is 6.74. The van der Waals surface area contributed by atoms with Crippen molar-refractivity contribution >= 4 is 11.4 Å². The number of hydrogen-bond acceptors (Lipinski definition) is 1. The van der Waals surface area contributed by atoms with E-state index in [1.165, 1.54) is 23.1 Å². The van der Waals surface area contributed by atoms with Gasteiger partial charge in [-0.25, -0.2) is 0 Å². The van der Waals surface area contributed by atoms with Crippen LogP contribution < -0.4 is 0 Å². The summed E-state index contributed by atoms with van der Waals surface area (Å²) in [5, 5.41) is 0. The van der Waals surface area contributed by atoms with Gasteiger partial charge in [0.2, 0.25) is 0 Å². The van der Waals surface area contributed by atoms with Gasteiger partial charge in [0.25, 0.3) is 0 Å². The molecule has 1 aliphatic rings. The number of benzene rings is 2. The largest absolute Gasteiger partial charge is 0.299 e. The molecule has 2 aromatic carbocycles. The Morgan fingerprint density at radius 2 is 1.52 bits per heavy atom. The van der Waals surface area contributed by atoms with Crippen LogP contribution in [-0.4, -0.2) is 5.78 Å². The van der Waals surface area contributed by atoms with Gasteiger partial charge in [-0.05, 0) is 36.0 Å². The van der Waals surface area contributed by atoms with Crippen molar-refractivity contribution in [3.05, 3.63) is 77.9 Å². The number of hydrogen-bond donors (Lipinski definition) is 0. The summed E-state index contributed by atoms with van der Waals surface area (Å²) in [6, 6.07) is 20.9. The molecule has 118 valence electrons. The van der Waals surface area contributed by atoms with Gasteiger partial charge in [-0.3, -0.25) is 4.79 Å². The molecule has 0 saturated heterocycles. The van der Waals surface area contributed by atoms with E-state index in [1.807, 2.05) is 12.1 Å². The second-order valence-electron chi connectivity index (χ2n) is 6.74. The minimum Gasteiger partial charge on any atom is -0.299 e. The van der Waals surface area contributed by atoms with Crippen molar-refractivity contribution in [2.24, 2.45) is 5.41 Å². The van der Waals surface area contributed by atoms with Crippen molar-refractivity contribution in [2.45, 2.75) is 39.0 Å². The van der Waals surface area contributed by atoms with Crippen molar-refractivity contribution in [3.8, 4) is 0 Å². The van der Waals surface area contributed by atoms with Crippen molar-refractivity contribution in [2.75, 3.05) is 0 Å². The van der Waals surface area contributed by atoms with Crippen LogP contribution in [0.25, 0.3) is 5.57 Å². The molecule has 0 N–H and O–H groups in total. The van der Waals surface area contributed by atoms with Crippen LogP contribution in [-0.2, 0) is 4.79 Å². The normalized spacial score (nSPS) is 21.0. The lowest BCUT2D eigenvalue weighted by molar-refractivity contribution is -0.130. The Labute approximate surface area is 139 Å². The molecule has 1 atom stereocenters. The van der Waals surface area contributed by atoms with Crippen LogP contribution in [0.15, 0.2) is 66.7 Å². The number of rotatable bonds is 4. The molecule has 0 heterocycles. The summed E-state index contributed by atoms with van der Waals surface area (Å²) in [4.78, 5) is 12.4. The van der Waals surface area contributed by atoms with Gasteiger partial charge in [-0.15, -0.1) is 0 Å². The van der Waals surface area contributed by atoms with E-state index in [4.69, 9.17) is 0 Å². The minimum atomic E-state index is -0.187. The van der Waals surface area contributed by atoms with Crippen molar-refractivity contribution in [1.29, 1.82) is 0 Å². The van der Waals surface area contributed by atoms with E-state index >= 15 is 0 Å². The molecule has 0 aliphatic heterocycles. The third kappa shape index (κ3) is 3.61. The maximum atomic E-state index is 12.4. The lowest BCUT2D eigenvalue weighted by Gasteiger charge is -2.31. The molecular weight excluding hydrogens is 280 g/mol. The third-order valence-electron chi connectivity index (χ3n) is 4.98. The summed E-state index contributed by atoms with van der Waals surface area (Å²) in [7, 11) is 0. The quantitative estimate of drug-likeness (QED) is 0.712. The van der Waals surface area contributed by atoms with Crippen LogP contribution >= 0.6 is 0 Å². The van der Waals surface area contributed by atoms with Crippen LogP contribution in [0.4, 0.5) is 0 Å². The van der Waals surface area contributed by atoms with Crippen LogP contribution in [0, 0.1) is 5.41 Å². The number of Topliss-reactive ketones (excluding diaryl/α,β-unsaturated/α-hetero) is 1. The summed E-state index contributed by atoms with van der Waals surface area (Å²) in [5.74, 6) is 0.431. The van der Waals surface area contributed by atoms with Gasteiger partial charge in [-0.2, -0.15) is 0 Å². The fourth-order valence-corrected chi connectivity index (χ4v) is 3.42. The zero-order valence-electron chi connectivity index (χ0n) is 13.8. The van der Waals surface area contributed by atoms with Crippen molar-refractivity contribution < 1.29 is 4.79 Å². The minimum absolute atomic E-state index is 0.187. The molecule has 0 amide bonds. The molecule has 0 spiro atoms. The molecule has 23 heavy (non-hydrogen) atoms. The summed E-state index contributed by atoms with van der Waals surface area (Å²) in [6.45, 7) is 2.14. The molecule has 0 radical (unpaired) electrons. The van der Waals surface area contributed by atoms with E-state index in [2.05, 4.69) is 61.5 Å². The Hall–Kier alpha value is -2.15. The first-order valence-corrected chi connectivity index (χ1v) is 8.53. The third-order valence-corrected chi connectivity index (χ3v) is 4.98. The first-order chi connectivity index (χ1) is 11.2. The molecule has 2 aromatic rings. The molecule has 1 fully saturated rings. The Morgan fingerprint density at radius 3 is 2.04 bits per heavy atom. The van der Waals surface area contributed by atoms with E-state index < -0.39 is 0 Å². The number of allylic oxidation sites excluding steroid dienone is 1. The molecular formula is C22H24O. The predicted octanol–water partition coefficient (Wildman–Crippen LogP) is 5.66. The topological polar surface area (TPSA) is 17.1 Å². The highest BCUT2D eigenvalue weighted by Crippen LogP contribution is 2.37. The fourth-order valence-electron chi connectivity index (χ4n) is 3.42. The fraction of sp³-hybridized carbons (Fsp3) is 0.318. The van der Waals surface area contributed by atoms with Crippen molar-refractivity contribution in [3.63, 3.8) is 0 Å². The summed E-state index contributed by atoms with van der Waals surface area (Å²) < 4.78 is 0. The highest BCUT2D eigenvalue weighted by Gasteiger charge is 2.33. The first-order valence-electron chi connectivity index (χ1n) is 8.53. The molecule has 1 heteroatoms. The zero-order chi connectivity index (χ0) is 16.1. The molecule has 1 unspecified atom stereocenters. The van der Waals surface area contributed by atoms with Gasteiger partial charge in [0.15, 0.2) is 0 Å². The predicted molar refractivity (Wildman–Crippen MR) is 96.2 cm³/mol. The Balaban J connectivity index is 1.94. The average Bonchev–Trinajstić information content (AvgIpc) is 2.60. The smallest absolute Gasteiger partial charge is 0.139 e. The van der Waals surface area contributed by atoms with Crippen LogP contribution in [0.1, 0.15) is 50.2 Å². The van der Waals surface area contributed by atoms with E-state index in [0.29, 0.717) is 5.78 Å². The lowest BCUT2D eigenvalue weighted by Crippen LogP contribution is -2.30. The lowest BCUT2D eigenvalue weighted by atomic mass is 9.72. The monoisotopic (exact) mass is 304 g/mol. The highest BCUT2D eigenvalue weighted by atomic mass is 16.1. The van der Waals surface area contributed by atoms with Gasteiger partial charge in [0.05, 0.1) is 0 Å². The van der Waals surface area contributed by atoms with E-state index in [-0.39, 0.29) is 5.41 Å². The zero-order valence-corrected chi connectivity index (χ0v) is 13.8. The van der Waals surface area contributed by atoms with E-state index in [0.717, 1.165) is 25.7 Å². The van der Waals surface area contributed by atoms with Gasteiger partial charge >= 0.3 is 0 Å². The van der Waals surface area contributed by atoms with Crippen LogP contribution in [0.3, 0.4) is 0 Å². The maximum absolute atomic E-state index is 12.4. The standard InChI is InChI=1S/C22H24O/c1-22(16-9-8-14-21(22)23)17-15-20(18-10-4-2-5-11-18)19-12-6-3-7-13-19/h2-7,10-13,15H,8-9,14,16-17H2,1H3. The Morgan fingerprint density at radius 1 is 0.957 bits per heavy atom. The molecule has 1 saturated carbocycles. The first kappa shape index (κ1) is 15.7. The van der Waals surface area contributed by atoms with E-state index in [9.17, 15) is 4.79 Å². The second kappa shape index (κ2) is 6.95. The molecule has 0 bridgehead atoms. The molecule has 3 rings (SSSR count). The number of carbonyl (C=O) groups excluding carboxylic acids is 1.